The van der Waals surface area contributed by atoms with Crippen molar-refractivity contribution in [3.63, 3.8) is 0 Å². The van der Waals surface area contributed by atoms with Gasteiger partial charge in [0, 0.05) is 12.3 Å². The van der Waals surface area contributed by atoms with Crippen LogP contribution in [0.4, 0.5) is 26.3 Å². The van der Waals surface area contributed by atoms with Crippen LogP contribution < -0.4 is 5.56 Å². The molecule has 0 bridgehead atoms. The van der Waals surface area contributed by atoms with E-state index in [1.165, 1.54) is 13.0 Å². The Morgan fingerprint density at radius 2 is 1.55 bits per heavy atom. The molecule has 0 atom stereocenters. The number of nitrogens with zero attached hydrogens (tertiary/aromatic N) is 1. The van der Waals surface area contributed by atoms with Gasteiger partial charge in [0.05, 0.1) is 16.8 Å². The predicted molar refractivity (Wildman–Crippen MR) is 66.8 cm³/mol. The third-order valence-corrected chi connectivity index (χ3v) is 2.95. The first-order valence-electron chi connectivity index (χ1n) is 5.98. The molecule has 0 aliphatic heterocycles. The SMILES string of the molecule is Cc1ccc(=O)n(-c2cc(C(F)(F)F)ccc2C(F)(F)F)c1. The molecule has 0 amide bonds. The van der Waals surface area contributed by atoms with Gasteiger partial charge in [-0.3, -0.25) is 9.36 Å². The highest BCUT2D eigenvalue weighted by atomic mass is 19.4. The molecule has 0 N–H and O–H groups in total. The Morgan fingerprint density at radius 3 is 2.09 bits per heavy atom. The summed E-state index contributed by atoms with van der Waals surface area (Å²) in [6, 6.07) is 3.35. The van der Waals surface area contributed by atoms with E-state index in [1.807, 2.05) is 0 Å². The molecule has 0 radical (unpaired) electrons. The highest BCUT2D eigenvalue weighted by molar-refractivity contribution is 5.47. The molecule has 0 aliphatic rings. The molecule has 0 saturated heterocycles. The van der Waals surface area contributed by atoms with Crippen molar-refractivity contribution in [1.29, 1.82) is 0 Å². The first-order chi connectivity index (χ1) is 10.00. The van der Waals surface area contributed by atoms with Gasteiger partial charge in [0.1, 0.15) is 0 Å². The van der Waals surface area contributed by atoms with Crippen molar-refractivity contribution in [3.8, 4) is 5.69 Å². The number of pyridine rings is 1. The van der Waals surface area contributed by atoms with E-state index in [0.29, 0.717) is 28.3 Å². The van der Waals surface area contributed by atoms with Crippen LogP contribution in [0.15, 0.2) is 41.3 Å². The zero-order valence-corrected chi connectivity index (χ0v) is 11.1. The average Bonchev–Trinajstić information content (AvgIpc) is 2.39. The third kappa shape index (κ3) is 3.15. The van der Waals surface area contributed by atoms with Crippen molar-refractivity contribution in [2.75, 3.05) is 0 Å². The lowest BCUT2D eigenvalue weighted by atomic mass is 10.1. The number of hydrogen-bond acceptors (Lipinski definition) is 1. The van der Waals surface area contributed by atoms with Crippen LogP contribution in [-0.4, -0.2) is 4.57 Å². The van der Waals surface area contributed by atoms with Gasteiger partial charge in [-0.05, 0) is 30.7 Å². The quantitative estimate of drug-likeness (QED) is 0.722. The molecular weight excluding hydrogens is 312 g/mol. The Hall–Kier alpha value is -2.25. The van der Waals surface area contributed by atoms with Crippen LogP contribution in [0.1, 0.15) is 16.7 Å². The van der Waals surface area contributed by atoms with Gasteiger partial charge in [-0.15, -0.1) is 0 Å². The van der Waals surface area contributed by atoms with E-state index in [9.17, 15) is 31.1 Å². The van der Waals surface area contributed by atoms with Crippen molar-refractivity contribution < 1.29 is 26.3 Å². The molecule has 1 aromatic carbocycles. The minimum atomic E-state index is -4.89. The highest BCUT2D eigenvalue weighted by Crippen LogP contribution is 2.37. The van der Waals surface area contributed by atoms with Gasteiger partial charge in [-0.25, -0.2) is 0 Å². The normalized spacial score (nSPS) is 12.5. The maximum absolute atomic E-state index is 13.0. The average molecular weight is 321 g/mol. The molecule has 1 aromatic heterocycles. The van der Waals surface area contributed by atoms with Gasteiger partial charge >= 0.3 is 12.4 Å². The van der Waals surface area contributed by atoms with Gasteiger partial charge in [-0.1, -0.05) is 6.07 Å². The second-order valence-corrected chi connectivity index (χ2v) is 4.64. The fourth-order valence-corrected chi connectivity index (χ4v) is 1.93. The summed E-state index contributed by atoms with van der Waals surface area (Å²) in [4.78, 5) is 11.7. The molecule has 0 spiro atoms. The molecule has 0 aliphatic carbocycles. The largest absolute Gasteiger partial charge is 0.418 e. The lowest BCUT2D eigenvalue weighted by Crippen LogP contribution is -2.22. The second-order valence-electron chi connectivity index (χ2n) is 4.64. The highest BCUT2D eigenvalue weighted by Gasteiger charge is 2.37. The summed E-state index contributed by atoms with van der Waals surface area (Å²) in [6.45, 7) is 1.51. The first kappa shape index (κ1) is 16.1. The molecule has 2 aromatic rings. The van der Waals surface area contributed by atoms with Crippen molar-refractivity contribution in [3.05, 3.63) is 63.6 Å². The van der Waals surface area contributed by atoms with Gasteiger partial charge in [-0.2, -0.15) is 26.3 Å². The Labute approximate surface area is 120 Å². The van der Waals surface area contributed by atoms with Crippen molar-refractivity contribution in [2.45, 2.75) is 19.3 Å². The maximum Gasteiger partial charge on any atom is 0.418 e. The van der Waals surface area contributed by atoms with Crippen molar-refractivity contribution in [2.24, 2.45) is 0 Å². The van der Waals surface area contributed by atoms with Crippen molar-refractivity contribution in [1.82, 2.24) is 4.57 Å². The summed E-state index contributed by atoms with van der Waals surface area (Å²) >= 11 is 0. The fourth-order valence-electron chi connectivity index (χ4n) is 1.93. The first-order valence-corrected chi connectivity index (χ1v) is 5.98. The molecule has 0 fully saturated rings. The molecule has 22 heavy (non-hydrogen) atoms. The maximum atomic E-state index is 13.0. The monoisotopic (exact) mass is 321 g/mol. The third-order valence-electron chi connectivity index (χ3n) is 2.95. The van der Waals surface area contributed by atoms with E-state index in [2.05, 4.69) is 0 Å². The van der Waals surface area contributed by atoms with E-state index in [-0.39, 0.29) is 0 Å². The minimum Gasteiger partial charge on any atom is -0.283 e. The van der Waals surface area contributed by atoms with E-state index < -0.39 is 34.7 Å². The number of benzene rings is 1. The molecule has 0 saturated carbocycles. The van der Waals surface area contributed by atoms with Crippen LogP contribution >= 0.6 is 0 Å². The number of hydrogen-bond donors (Lipinski definition) is 0. The summed E-state index contributed by atoms with van der Waals surface area (Å²) in [5.41, 5.74) is -3.84. The number of aromatic nitrogens is 1. The lowest BCUT2D eigenvalue weighted by molar-refractivity contribution is -0.141. The predicted octanol–water partition coefficient (Wildman–Crippen LogP) is 4.18. The zero-order chi connectivity index (χ0) is 16.7. The van der Waals surface area contributed by atoms with Gasteiger partial charge in [0.2, 0.25) is 0 Å². The standard InChI is InChI=1S/C14H9F6NO/c1-8-2-5-12(22)21(7-8)11-6-9(13(15,16)17)3-4-10(11)14(18,19)20/h2-7H,1H3. The van der Waals surface area contributed by atoms with Gasteiger partial charge in [0.25, 0.3) is 5.56 Å². The molecule has 2 rings (SSSR count). The summed E-state index contributed by atoms with van der Waals surface area (Å²) < 4.78 is 77.7. The Morgan fingerprint density at radius 1 is 0.909 bits per heavy atom. The summed E-state index contributed by atoms with van der Waals surface area (Å²) in [7, 11) is 0. The Bertz CT molecular complexity index is 757. The smallest absolute Gasteiger partial charge is 0.283 e. The number of aryl methyl sites for hydroxylation is 1. The summed E-state index contributed by atoms with van der Waals surface area (Å²) in [5.74, 6) is 0. The number of rotatable bonds is 1. The summed E-state index contributed by atoms with van der Waals surface area (Å²) in [5, 5.41) is 0. The lowest BCUT2D eigenvalue weighted by Gasteiger charge is -2.17. The molecule has 0 unspecified atom stereocenters. The van der Waals surface area contributed by atoms with Crippen LogP contribution in [-0.2, 0) is 12.4 Å². The van der Waals surface area contributed by atoms with Gasteiger partial charge in [0.15, 0.2) is 0 Å². The molecular formula is C14H9F6NO. The molecule has 1 heterocycles. The summed E-state index contributed by atoms with van der Waals surface area (Å²) in [6.07, 6.45) is -8.64. The van der Waals surface area contributed by atoms with Crippen LogP contribution in [0.2, 0.25) is 0 Å². The minimum absolute atomic E-state index is 0.323. The molecule has 8 heteroatoms. The topological polar surface area (TPSA) is 22.0 Å². The fraction of sp³-hybridized carbons (Fsp3) is 0.214. The van der Waals surface area contributed by atoms with Crippen LogP contribution in [0.3, 0.4) is 0 Å². The van der Waals surface area contributed by atoms with Crippen LogP contribution in [0.25, 0.3) is 5.69 Å². The molecule has 2 nitrogen and oxygen atoms in total. The van der Waals surface area contributed by atoms with E-state index in [1.54, 1.807) is 0 Å². The van der Waals surface area contributed by atoms with Gasteiger partial charge < -0.3 is 0 Å². The van der Waals surface area contributed by atoms with E-state index in [0.717, 1.165) is 12.3 Å². The van der Waals surface area contributed by atoms with E-state index in [4.69, 9.17) is 0 Å². The second kappa shape index (κ2) is 5.19. The van der Waals surface area contributed by atoms with Crippen molar-refractivity contribution >= 4 is 0 Å². The Balaban J connectivity index is 2.81. The zero-order valence-electron chi connectivity index (χ0n) is 11.1. The van der Waals surface area contributed by atoms with E-state index >= 15 is 0 Å². The Kier molecular flexibility index (Phi) is 3.80. The number of halogens is 6. The molecule has 118 valence electrons. The van der Waals surface area contributed by atoms with Crippen LogP contribution in [0.5, 0.6) is 0 Å². The number of alkyl halides is 6. The van der Waals surface area contributed by atoms with Crippen LogP contribution in [0, 0.1) is 6.92 Å².